The molecule has 0 aliphatic rings. The third-order valence-electron chi connectivity index (χ3n) is 3.82. The second-order valence-corrected chi connectivity index (χ2v) is 5.32. The summed E-state index contributed by atoms with van der Waals surface area (Å²) in [5.41, 5.74) is 4.92. The van der Waals surface area contributed by atoms with Gasteiger partial charge in [-0.25, -0.2) is 0 Å². The molecule has 0 fully saturated rings. The Morgan fingerprint density at radius 1 is 0.773 bits per heavy atom. The first-order valence-electron chi connectivity index (χ1n) is 8.00. The van der Waals surface area contributed by atoms with E-state index >= 15 is 0 Å². The molecule has 0 aliphatic heterocycles. The number of hydrogen-bond acceptors (Lipinski definition) is 8. The topological polar surface area (TPSA) is 134 Å². The molecule has 0 saturated carbocycles. The summed E-state index contributed by atoms with van der Waals surface area (Å²) in [5, 5.41) is 43.8. The quantitative estimate of drug-likeness (QED) is 0.149. The van der Waals surface area contributed by atoms with Gasteiger partial charge < -0.3 is 36.8 Å². The molecule has 22 heavy (non-hydrogen) atoms. The number of hydrogen-bond donors (Lipinski definition) is 7. The van der Waals surface area contributed by atoms with Crippen LogP contribution in [0.15, 0.2) is 0 Å². The summed E-state index contributed by atoms with van der Waals surface area (Å²) >= 11 is 0. The van der Waals surface area contributed by atoms with Crippen LogP contribution in [0.2, 0.25) is 0 Å². The lowest BCUT2D eigenvalue weighted by atomic mass is 9.89. The van der Waals surface area contributed by atoms with Crippen molar-refractivity contribution < 1.29 is 20.4 Å². The third-order valence-corrected chi connectivity index (χ3v) is 3.82. The molecule has 8 N–H and O–H groups in total. The summed E-state index contributed by atoms with van der Waals surface area (Å²) in [5.74, 6) is 0. The fraction of sp³-hybridized carbons (Fsp3) is 1.00. The van der Waals surface area contributed by atoms with Crippen LogP contribution in [-0.2, 0) is 0 Å². The number of β-amino-alcohol motifs (C(OH)–C–C–N with tert-alkyl or cyclic N) is 2. The van der Waals surface area contributed by atoms with Crippen molar-refractivity contribution in [3.8, 4) is 0 Å². The number of nitrogens with zero attached hydrogens (tertiary/aromatic N) is 1. The standard InChI is InChI=1S/C14H34N4O4/c15-3-4-16-5-6-17-13-14(1-9-19,2-10-20)18(7-11-21)8-12-22/h16-17,19-22H,1-13,15H2. The van der Waals surface area contributed by atoms with E-state index in [1.165, 1.54) is 0 Å². The van der Waals surface area contributed by atoms with Crippen molar-refractivity contribution in [2.24, 2.45) is 5.73 Å². The molecular formula is C14H34N4O4. The fourth-order valence-electron chi connectivity index (χ4n) is 2.70. The Balaban J connectivity index is 4.66. The number of rotatable bonds is 16. The van der Waals surface area contributed by atoms with Gasteiger partial charge in [0.1, 0.15) is 0 Å². The Bertz CT molecular complexity index is 235. The Kier molecular flexibility index (Phi) is 14.1. The lowest BCUT2D eigenvalue weighted by Gasteiger charge is -2.44. The Hall–Kier alpha value is -0.320. The van der Waals surface area contributed by atoms with Crippen LogP contribution in [0.3, 0.4) is 0 Å². The van der Waals surface area contributed by atoms with Crippen LogP contribution in [0.1, 0.15) is 12.8 Å². The van der Waals surface area contributed by atoms with Gasteiger partial charge in [0.25, 0.3) is 0 Å². The summed E-state index contributed by atoms with van der Waals surface area (Å²) in [4.78, 5) is 1.94. The van der Waals surface area contributed by atoms with E-state index in [1.807, 2.05) is 4.90 Å². The average Bonchev–Trinajstić information content (AvgIpc) is 2.51. The van der Waals surface area contributed by atoms with E-state index in [-0.39, 0.29) is 26.4 Å². The van der Waals surface area contributed by atoms with Gasteiger partial charge in [-0.3, -0.25) is 4.90 Å². The van der Waals surface area contributed by atoms with Crippen LogP contribution in [0.4, 0.5) is 0 Å². The molecule has 0 radical (unpaired) electrons. The highest BCUT2D eigenvalue weighted by Gasteiger charge is 2.34. The van der Waals surface area contributed by atoms with Gasteiger partial charge in [0.2, 0.25) is 0 Å². The second-order valence-electron chi connectivity index (χ2n) is 5.32. The molecule has 0 spiro atoms. The number of aliphatic hydroxyl groups excluding tert-OH is 4. The van der Waals surface area contributed by atoms with Crippen LogP contribution >= 0.6 is 0 Å². The molecule has 0 aromatic heterocycles. The van der Waals surface area contributed by atoms with Crippen molar-refractivity contribution >= 4 is 0 Å². The van der Waals surface area contributed by atoms with Gasteiger partial charge in [-0.2, -0.15) is 0 Å². The maximum absolute atomic E-state index is 9.40. The molecule has 8 heteroatoms. The van der Waals surface area contributed by atoms with Crippen molar-refractivity contribution in [1.82, 2.24) is 15.5 Å². The summed E-state index contributed by atoms with van der Waals surface area (Å²) in [6.45, 7) is 4.16. The molecule has 0 atom stereocenters. The zero-order valence-corrected chi connectivity index (χ0v) is 13.5. The largest absolute Gasteiger partial charge is 0.396 e. The van der Waals surface area contributed by atoms with Crippen LogP contribution in [-0.4, -0.2) is 103 Å². The molecule has 134 valence electrons. The van der Waals surface area contributed by atoms with Gasteiger partial charge in [-0.1, -0.05) is 0 Å². The van der Waals surface area contributed by atoms with Crippen molar-refractivity contribution in [2.45, 2.75) is 18.4 Å². The van der Waals surface area contributed by atoms with Gasteiger partial charge in [0.05, 0.1) is 13.2 Å². The molecule has 0 saturated heterocycles. The van der Waals surface area contributed by atoms with Gasteiger partial charge in [-0.05, 0) is 12.8 Å². The number of nitrogens with two attached hydrogens (primary N) is 1. The minimum absolute atomic E-state index is 0.0134. The van der Waals surface area contributed by atoms with E-state index in [4.69, 9.17) is 5.73 Å². The zero-order chi connectivity index (χ0) is 16.7. The second kappa shape index (κ2) is 14.3. The third kappa shape index (κ3) is 8.35. The van der Waals surface area contributed by atoms with E-state index in [9.17, 15) is 20.4 Å². The lowest BCUT2D eigenvalue weighted by Crippen LogP contribution is -2.58. The first-order valence-corrected chi connectivity index (χ1v) is 8.00. The van der Waals surface area contributed by atoms with Gasteiger partial charge in [0, 0.05) is 64.6 Å². The van der Waals surface area contributed by atoms with E-state index in [2.05, 4.69) is 10.6 Å². The molecule has 0 amide bonds. The molecule has 0 aromatic rings. The highest BCUT2D eigenvalue weighted by molar-refractivity contribution is 4.93. The molecule has 0 aliphatic carbocycles. The Morgan fingerprint density at radius 3 is 1.77 bits per heavy atom. The molecule has 0 bridgehead atoms. The molecule has 0 rings (SSSR count). The maximum atomic E-state index is 9.40. The van der Waals surface area contributed by atoms with Crippen LogP contribution in [0, 0.1) is 0 Å². The van der Waals surface area contributed by atoms with Crippen LogP contribution in [0.5, 0.6) is 0 Å². The smallest absolute Gasteiger partial charge is 0.0558 e. The fourth-order valence-corrected chi connectivity index (χ4v) is 2.70. The number of nitrogens with one attached hydrogen (secondary N) is 2. The monoisotopic (exact) mass is 322 g/mol. The maximum Gasteiger partial charge on any atom is 0.0558 e. The van der Waals surface area contributed by atoms with Gasteiger partial charge >= 0.3 is 0 Å². The van der Waals surface area contributed by atoms with Gasteiger partial charge in [0.15, 0.2) is 0 Å². The number of aliphatic hydroxyl groups is 4. The first kappa shape index (κ1) is 21.7. The van der Waals surface area contributed by atoms with Crippen molar-refractivity contribution in [3.05, 3.63) is 0 Å². The van der Waals surface area contributed by atoms with Crippen molar-refractivity contribution in [2.75, 3.05) is 72.2 Å². The average molecular weight is 322 g/mol. The molecule has 0 heterocycles. The van der Waals surface area contributed by atoms with Crippen LogP contribution < -0.4 is 16.4 Å². The predicted molar refractivity (Wildman–Crippen MR) is 86.7 cm³/mol. The summed E-state index contributed by atoms with van der Waals surface area (Å²) in [6.07, 6.45) is 0.938. The summed E-state index contributed by atoms with van der Waals surface area (Å²) < 4.78 is 0. The molecule has 0 aromatic carbocycles. The minimum atomic E-state index is -0.483. The van der Waals surface area contributed by atoms with Crippen molar-refractivity contribution in [1.29, 1.82) is 0 Å². The van der Waals surface area contributed by atoms with Crippen molar-refractivity contribution in [3.63, 3.8) is 0 Å². The van der Waals surface area contributed by atoms with E-state index < -0.39 is 5.54 Å². The van der Waals surface area contributed by atoms with Gasteiger partial charge in [-0.15, -0.1) is 0 Å². The first-order chi connectivity index (χ1) is 10.7. The normalized spacial score (nSPS) is 12.3. The van der Waals surface area contributed by atoms with E-state index in [1.54, 1.807) is 0 Å². The SMILES string of the molecule is NCCNCCNCC(CCO)(CCO)N(CCO)CCO. The Labute approximate surface area is 133 Å². The molecule has 8 nitrogen and oxygen atoms in total. The summed E-state index contributed by atoms with van der Waals surface area (Å²) in [6, 6.07) is 0. The molecular weight excluding hydrogens is 288 g/mol. The zero-order valence-electron chi connectivity index (χ0n) is 13.5. The van der Waals surface area contributed by atoms with E-state index in [0.29, 0.717) is 39.0 Å². The Morgan fingerprint density at radius 2 is 1.32 bits per heavy atom. The molecule has 0 unspecified atom stereocenters. The highest BCUT2D eigenvalue weighted by Crippen LogP contribution is 2.23. The van der Waals surface area contributed by atoms with Crippen LogP contribution in [0.25, 0.3) is 0 Å². The predicted octanol–water partition coefficient (Wildman–Crippen LogP) is -3.09. The lowest BCUT2D eigenvalue weighted by molar-refractivity contribution is 0.0143. The van der Waals surface area contributed by atoms with E-state index in [0.717, 1.165) is 19.6 Å². The summed E-state index contributed by atoms with van der Waals surface area (Å²) in [7, 11) is 0. The minimum Gasteiger partial charge on any atom is -0.396 e. The highest BCUT2D eigenvalue weighted by atomic mass is 16.3.